The van der Waals surface area contributed by atoms with E-state index >= 15 is 0 Å². The summed E-state index contributed by atoms with van der Waals surface area (Å²) in [6, 6.07) is 7.88. The van der Waals surface area contributed by atoms with Crippen molar-refractivity contribution in [3.05, 3.63) is 33.4 Å². The van der Waals surface area contributed by atoms with Crippen LogP contribution >= 0.6 is 0 Å². The van der Waals surface area contributed by atoms with Crippen LogP contribution in [-0.2, 0) is 16.6 Å². The Labute approximate surface area is 101 Å². The van der Waals surface area contributed by atoms with E-state index in [0.29, 0.717) is 11.1 Å². The number of benzene rings is 1. The Morgan fingerprint density at radius 2 is 2.20 bits per heavy atom. The van der Waals surface area contributed by atoms with Gasteiger partial charge >= 0.3 is 101 Å². The minimum atomic E-state index is -3.11. The van der Waals surface area contributed by atoms with Gasteiger partial charge in [0.25, 0.3) is 0 Å². The van der Waals surface area contributed by atoms with Crippen molar-refractivity contribution in [1.82, 2.24) is 4.72 Å². The number of alkyl halides is 1. The van der Waals surface area contributed by atoms with Gasteiger partial charge in [-0.25, -0.2) is 0 Å². The molecule has 0 saturated heterocycles. The van der Waals surface area contributed by atoms with Crippen LogP contribution in [0.2, 0.25) is 0 Å². The Bertz CT molecular complexity index is 420. The summed E-state index contributed by atoms with van der Waals surface area (Å²) >= 11 is -0.126. The molecule has 1 aromatic rings. The Hall–Kier alpha value is -0.180. The number of nitrogens with two attached hydrogens (primary N) is 1. The van der Waals surface area contributed by atoms with E-state index < -0.39 is 10.0 Å². The van der Waals surface area contributed by atoms with E-state index in [1.807, 2.05) is 24.3 Å². The van der Waals surface area contributed by atoms with Crippen molar-refractivity contribution < 1.29 is 29.6 Å². The summed E-state index contributed by atoms with van der Waals surface area (Å²) in [6.45, 7) is 0.348. The topological polar surface area (TPSA) is 72.2 Å². The van der Waals surface area contributed by atoms with Crippen LogP contribution in [0.3, 0.4) is 0 Å². The average Bonchev–Trinajstić information content (AvgIpc) is 2.15. The van der Waals surface area contributed by atoms with Crippen LogP contribution in [0.15, 0.2) is 24.3 Å². The first-order valence-corrected chi connectivity index (χ1v) is 8.83. The second-order valence-electron chi connectivity index (χ2n) is 3.01. The molecule has 1 rings (SSSR count). The Kier molecular flexibility index (Phi) is 4.97. The first-order valence-electron chi connectivity index (χ1n) is 4.34. The van der Waals surface area contributed by atoms with Crippen LogP contribution in [0.1, 0.15) is 5.56 Å². The molecule has 0 saturated carbocycles. The van der Waals surface area contributed by atoms with Crippen molar-refractivity contribution in [3.63, 3.8) is 0 Å². The molecule has 0 amide bonds. The van der Waals surface area contributed by atoms with Gasteiger partial charge in [-0.15, -0.1) is 0 Å². The van der Waals surface area contributed by atoms with Gasteiger partial charge in [0.05, 0.1) is 0 Å². The molecule has 0 unspecified atom stereocenters. The van der Waals surface area contributed by atoms with Crippen LogP contribution < -0.4 is 31.7 Å². The van der Waals surface area contributed by atoms with Gasteiger partial charge in [0, 0.05) is 0 Å². The van der Waals surface area contributed by atoms with Crippen molar-refractivity contribution in [3.8, 4) is 0 Å². The van der Waals surface area contributed by atoms with Gasteiger partial charge in [-0.3, -0.25) is 0 Å². The first kappa shape index (κ1) is 12.9. The van der Waals surface area contributed by atoms with Crippen LogP contribution in [0, 0.1) is 3.57 Å². The van der Waals surface area contributed by atoms with Crippen LogP contribution in [0.4, 0.5) is 0 Å². The summed E-state index contributed by atoms with van der Waals surface area (Å²) in [5.41, 5.74) is 6.47. The normalized spacial score (nSPS) is 11.9. The number of nitrogens with one attached hydrogen (secondary N) is 1. The van der Waals surface area contributed by atoms with E-state index in [1.54, 1.807) is 0 Å². The number of sulfonamides is 1. The van der Waals surface area contributed by atoms with E-state index in [-0.39, 0.29) is 21.2 Å². The molecule has 0 aliphatic heterocycles. The van der Waals surface area contributed by atoms with Crippen LogP contribution in [-0.4, -0.2) is 19.2 Å². The molecule has 0 radical (unpaired) electrons. The summed E-state index contributed by atoms with van der Waals surface area (Å²) in [7, 11) is -3.11. The molecule has 0 aromatic heterocycles. The monoisotopic (exact) mass is 341 g/mol. The fourth-order valence-electron chi connectivity index (χ4n) is 1.03. The standard InChI is InChI=1S/C9H14IN2O2S/c1-15(13,14)12-6-8-3-2-4-9(5-8)10-7-11/h2-5,12H,6-7,11H2,1H3/q-1. The maximum absolute atomic E-state index is 10.9. The Morgan fingerprint density at radius 1 is 1.47 bits per heavy atom. The molecule has 0 aliphatic carbocycles. The Morgan fingerprint density at radius 3 is 2.80 bits per heavy atom. The fraction of sp³-hybridized carbons (Fsp3) is 0.333. The first-order chi connectivity index (χ1) is 7.01. The number of hydrogen-bond acceptors (Lipinski definition) is 3. The van der Waals surface area contributed by atoms with Crippen LogP contribution in [0.5, 0.6) is 0 Å². The number of halogens is 1. The van der Waals surface area contributed by atoms with Crippen molar-refractivity contribution in [2.45, 2.75) is 6.54 Å². The molecule has 0 spiro atoms. The van der Waals surface area contributed by atoms with Gasteiger partial charge in [-0.05, 0) is 0 Å². The van der Waals surface area contributed by atoms with Gasteiger partial charge in [0.15, 0.2) is 0 Å². The third-order valence-corrected chi connectivity index (χ3v) is 4.32. The van der Waals surface area contributed by atoms with Gasteiger partial charge < -0.3 is 0 Å². The van der Waals surface area contributed by atoms with E-state index in [9.17, 15) is 8.42 Å². The molecule has 15 heavy (non-hydrogen) atoms. The summed E-state index contributed by atoms with van der Waals surface area (Å²) in [4.78, 5) is 0. The molecular formula is C9H14IN2O2S-. The SMILES string of the molecule is CS(=O)(=O)NCc1cccc([I-]CN)c1. The zero-order chi connectivity index (χ0) is 11.3. The van der Waals surface area contributed by atoms with Crippen molar-refractivity contribution in [1.29, 1.82) is 0 Å². The summed E-state index contributed by atoms with van der Waals surface area (Å²) in [5, 5.41) is 0. The average molecular weight is 341 g/mol. The predicted octanol–water partition coefficient (Wildman–Crippen LogP) is -3.09. The van der Waals surface area contributed by atoms with E-state index in [1.165, 1.54) is 3.57 Å². The third-order valence-electron chi connectivity index (χ3n) is 1.66. The molecule has 0 aliphatic rings. The zero-order valence-electron chi connectivity index (χ0n) is 8.40. The maximum atomic E-state index is 10.9. The van der Waals surface area contributed by atoms with Crippen molar-refractivity contribution >= 4 is 10.0 Å². The molecule has 0 bridgehead atoms. The second-order valence-corrected chi connectivity index (χ2v) is 7.73. The van der Waals surface area contributed by atoms with Gasteiger partial charge in [-0.1, -0.05) is 0 Å². The molecule has 86 valence electrons. The minimum absolute atomic E-state index is 0.126. The molecule has 0 fully saturated rings. The molecule has 6 heteroatoms. The van der Waals surface area contributed by atoms with Gasteiger partial charge in [0.1, 0.15) is 0 Å². The third kappa shape index (κ3) is 5.45. The van der Waals surface area contributed by atoms with E-state index in [4.69, 9.17) is 5.73 Å². The number of hydrogen-bond donors (Lipinski definition) is 2. The summed E-state index contributed by atoms with van der Waals surface area (Å²) in [6.07, 6.45) is 1.16. The molecule has 3 N–H and O–H groups in total. The summed E-state index contributed by atoms with van der Waals surface area (Å²) < 4.78 is 26.2. The van der Waals surface area contributed by atoms with Gasteiger partial charge in [-0.2, -0.15) is 0 Å². The van der Waals surface area contributed by atoms with Crippen molar-refractivity contribution in [2.75, 3.05) is 10.8 Å². The molecule has 0 atom stereocenters. The Balaban J connectivity index is 2.65. The van der Waals surface area contributed by atoms with Crippen LogP contribution in [0.25, 0.3) is 0 Å². The summed E-state index contributed by atoms with van der Waals surface area (Å²) in [5.74, 6) is 0. The fourth-order valence-corrected chi connectivity index (χ4v) is 3.05. The molecule has 4 nitrogen and oxygen atoms in total. The van der Waals surface area contributed by atoms with E-state index in [2.05, 4.69) is 4.72 Å². The number of rotatable bonds is 5. The second kappa shape index (κ2) is 5.78. The quantitative estimate of drug-likeness (QED) is 0.339. The zero-order valence-corrected chi connectivity index (χ0v) is 11.4. The van der Waals surface area contributed by atoms with Gasteiger partial charge in [0.2, 0.25) is 0 Å². The predicted molar refractivity (Wildman–Crippen MR) is 55.9 cm³/mol. The molecule has 0 heterocycles. The van der Waals surface area contributed by atoms with Crippen molar-refractivity contribution in [2.24, 2.45) is 5.73 Å². The van der Waals surface area contributed by atoms with E-state index in [0.717, 1.165) is 11.8 Å². The molecular weight excluding hydrogens is 327 g/mol. The molecule has 1 aromatic carbocycles.